The first-order chi connectivity index (χ1) is 10.9. The minimum absolute atomic E-state index is 0.0746. The van der Waals surface area contributed by atoms with E-state index in [0.29, 0.717) is 13.1 Å². The number of benzene rings is 1. The number of primary amides is 1. The summed E-state index contributed by atoms with van der Waals surface area (Å²) in [6.45, 7) is 5.87. The van der Waals surface area contributed by atoms with Crippen molar-refractivity contribution in [1.29, 1.82) is 0 Å². The largest absolute Gasteiger partial charge is 0.369 e. The number of hydrogen-bond donors (Lipinski definition) is 1. The van der Waals surface area contributed by atoms with Crippen molar-refractivity contribution in [3.63, 3.8) is 0 Å². The first kappa shape index (κ1) is 17.5. The van der Waals surface area contributed by atoms with Crippen molar-refractivity contribution in [2.45, 2.75) is 39.3 Å². The maximum Gasteiger partial charge on any atom is 0.239 e. The van der Waals surface area contributed by atoms with Crippen molar-refractivity contribution in [2.24, 2.45) is 11.7 Å². The number of aryl methyl sites for hydroxylation is 1. The Morgan fingerprint density at radius 3 is 2.61 bits per heavy atom. The number of amides is 2. The molecule has 5 heteroatoms. The van der Waals surface area contributed by atoms with E-state index in [1.807, 2.05) is 18.9 Å². The van der Waals surface area contributed by atoms with Crippen molar-refractivity contribution >= 4 is 11.8 Å². The summed E-state index contributed by atoms with van der Waals surface area (Å²) < 4.78 is 0. The normalized spacial score (nSPS) is 19.7. The van der Waals surface area contributed by atoms with Gasteiger partial charge in [0.05, 0.1) is 12.0 Å². The molecule has 0 aromatic heterocycles. The van der Waals surface area contributed by atoms with Crippen molar-refractivity contribution in [2.75, 3.05) is 20.1 Å². The fourth-order valence-electron chi connectivity index (χ4n) is 2.98. The van der Waals surface area contributed by atoms with Crippen LogP contribution in [-0.4, -0.2) is 47.8 Å². The quantitative estimate of drug-likeness (QED) is 0.896. The highest BCUT2D eigenvalue weighted by Crippen LogP contribution is 2.18. The predicted molar refractivity (Wildman–Crippen MR) is 90.6 cm³/mol. The molecule has 2 N–H and O–H groups in total. The third kappa shape index (κ3) is 4.55. The van der Waals surface area contributed by atoms with E-state index in [1.54, 1.807) is 4.90 Å². The van der Waals surface area contributed by atoms with Crippen LogP contribution in [0.25, 0.3) is 0 Å². The molecular formula is C18H27N3O2. The molecule has 1 saturated heterocycles. The number of rotatable bonds is 5. The summed E-state index contributed by atoms with van der Waals surface area (Å²) in [5.41, 5.74) is 7.81. The third-order valence-corrected chi connectivity index (χ3v) is 4.71. The summed E-state index contributed by atoms with van der Waals surface area (Å²) in [6, 6.07) is 8.12. The molecule has 1 aromatic rings. The smallest absolute Gasteiger partial charge is 0.239 e. The Balaban J connectivity index is 1.95. The predicted octanol–water partition coefficient (Wildman–Crippen LogP) is 1.54. The molecule has 0 radical (unpaired) electrons. The zero-order valence-corrected chi connectivity index (χ0v) is 14.3. The van der Waals surface area contributed by atoms with Gasteiger partial charge in [-0.25, -0.2) is 0 Å². The number of likely N-dealkylation sites (tertiary alicyclic amines) is 1. The summed E-state index contributed by atoms with van der Waals surface area (Å²) in [6.07, 6.45) is 1.63. The first-order valence-corrected chi connectivity index (χ1v) is 8.22. The second kappa shape index (κ2) is 7.59. The van der Waals surface area contributed by atoms with Gasteiger partial charge in [0.25, 0.3) is 0 Å². The van der Waals surface area contributed by atoms with Crippen LogP contribution >= 0.6 is 0 Å². The number of piperidine rings is 1. The lowest BCUT2D eigenvalue weighted by molar-refractivity contribution is -0.139. The van der Waals surface area contributed by atoms with Gasteiger partial charge in [0.2, 0.25) is 11.8 Å². The van der Waals surface area contributed by atoms with E-state index in [-0.39, 0.29) is 23.8 Å². The molecule has 5 nitrogen and oxygen atoms in total. The van der Waals surface area contributed by atoms with Crippen molar-refractivity contribution in [3.8, 4) is 0 Å². The average molecular weight is 317 g/mol. The maximum atomic E-state index is 12.7. The Morgan fingerprint density at radius 2 is 2.00 bits per heavy atom. The van der Waals surface area contributed by atoms with Gasteiger partial charge in [0.15, 0.2) is 0 Å². The van der Waals surface area contributed by atoms with E-state index in [0.717, 1.165) is 19.4 Å². The molecule has 1 fully saturated rings. The fourth-order valence-corrected chi connectivity index (χ4v) is 2.98. The minimum atomic E-state index is -0.303. The van der Waals surface area contributed by atoms with Crippen LogP contribution in [0.5, 0.6) is 0 Å². The van der Waals surface area contributed by atoms with E-state index in [2.05, 4.69) is 31.2 Å². The van der Waals surface area contributed by atoms with Crippen molar-refractivity contribution in [3.05, 3.63) is 35.4 Å². The molecule has 0 spiro atoms. The van der Waals surface area contributed by atoms with Crippen LogP contribution in [0.15, 0.2) is 24.3 Å². The topological polar surface area (TPSA) is 66.6 Å². The zero-order valence-electron chi connectivity index (χ0n) is 14.3. The lowest BCUT2D eigenvalue weighted by Gasteiger charge is -2.35. The van der Waals surface area contributed by atoms with E-state index < -0.39 is 0 Å². The van der Waals surface area contributed by atoms with E-state index >= 15 is 0 Å². The molecule has 1 aromatic carbocycles. The second-order valence-electron chi connectivity index (χ2n) is 6.60. The number of carbonyl (C=O) groups excluding carboxylic acids is 2. The molecule has 23 heavy (non-hydrogen) atoms. The van der Waals surface area contributed by atoms with E-state index in [9.17, 15) is 9.59 Å². The number of hydrogen-bond acceptors (Lipinski definition) is 3. The van der Waals surface area contributed by atoms with Crippen molar-refractivity contribution < 1.29 is 9.59 Å². The van der Waals surface area contributed by atoms with Crippen LogP contribution in [0.1, 0.15) is 30.9 Å². The van der Waals surface area contributed by atoms with E-state index in [4.69, 9.17) is 5.73 Å². The van der Waals surface area contributed by atoms with Crippen LogP contribution in [-0.2, 0) is 16.1 Å². The second-order valence-corrected chi connectivity index (χ2v) is 6.60. The molecule has 126 valence electrons. The SMILES string of the molecule is Cc1ccc(CN(C)[C@@H](C)C(=O)N2CCC[C@H](C(N)=O)C2)cc1. The molecule has 2 rings (SSSR count). The van der Waals surface area contributed by atoms with E-state index in [1.165, 1.54) is 11.1 Å². The highest BCUT2D eigenvalue weighted by molar-refractivity contribution is 5.83. The third-order valence-electron chi connectivity index (χ3n) is 4.71. The van der Waals surface area contributed by atoms with Gasteiger partial charge >= 0.3 is 0 Å². The number of likely N-dealkylation sites (N-methyl/N-ethyl adjacent to an activating group) is 1. The minimum Gasteiger partial charge on any atom is -0.369 e. The highest BCUT2D eigenvalue weighted by Gasteiger charge is 2.30. The number of nitrogens with zero attached hydrogens (tertiary/aromatic N) is 2. The Morgan fingerprint density at radius 1 is 1.35 bits per heavy atom. The monoisotopic (exact) mass is 317 g/mol. The summed E-state index contributed by atoms with van der Waals surface area (Å²) >= 11 is 0. The molecule has 0 saturated carbocycles. The zero-order chi connectivity index (χ0) is 17.0. The van der Waals surface area contributed by atoms with Crippen LogP contribution in [0.2, 0.25) is 0 Å². The Hall–Kier alpha value is -1.88. The summed E-state index contributed by atoms with van der Waals surface area (Å²) in [5.74, 6) is -0.434. The van der Waals surface area contributed by atoms with Gasteiger partial charge in [-0.2, -0.15) is 0 Å². The van der Waals surface area contributed by atoms with Gasteiger partial charge in [0.1, 0.15) is 0 Å². The maximum absolute atomic E-state index is 12.7. The first-order valence-electron chi connectivity index (χ1n) is 8.22. The van der Waals surface area contributed by atoms with Gasteiger partial charge in [-0.1, -0.05) is 29.8 Å². The molecule has 1 aliphatic rings. The Labute approximate surface area is 138 Å². The molecule has 0 aliphatic carbocycles. The summed E-state index contributed by atoms with van der Waals surface area (Å²) in [7, 11) is 1.96. The lowest BCUT2D eigenvalue weighted by Crippen LogP contribution is -2.50. The molecule has 1 aliphatic heterocycles. The molecule has 0 unspecified atom stereocenters. The van der Waals surface area contributed by atoms with Crippen LogP contribution in [0.3, 0.4) is 0 Å². The summed E-state index contributed by atoms with van der Waals surface area (Å²) in [5, 5.41) is 0. The molecular weight excluding hydrogens is 290 g/mol. The molecule has 2 atom stereocenters. The highest BCUT2D eigenvalue weighted by atomic mass is 16.2. The van der Waals surface area contributed by atoms with Gasteiger partial charge in [-0.15, -0.1) is 0 Å². The van der Waals surface area contributed by atoms with Gasteiger partial charge in [-0.3, -0.25) is 14.5 Å². The van der Waals surface area contributed by atoms with Gasteiger partial charge in [-0.05, 0) is 39.3 Å². The van der Waals surface area contributed by atoms with Gasteiger partial charge < -0.3 is 10.6 Å². The van der Waals surface area contributed by atoms with Crippen LogP contribution in [0, 0.1) is 12.8 Å². The lowest BCUT2D eigenvalue weighted by atomic mass is 9.97. The van der Waals surface area contributed by atoms with Gasteiger partial charge in [0, 0.05) is 19.6 Å². The summed E-state index contributed by atoms with van der Waals surface area (Å²) in [4.78, 5) is 27.9. The Bertz CT molecular complexity index is 556. The fraction of sp³-hybridized carbons (Fsp3) is 0.556. The number of carbonyl (C=O) groups is 2. The number of nitrogens with two attached hydrogens (primary N) is 1. The Kier molecular flexibility index (Phi) is 5.77. The standard InChI is InChI=1S/C18H27N3O2/c1-13-6-8-15(9-7-13)11-20(3)14(2)18(23)21-10-4-5-16(12-21)17(19)22/h6-9,14,16H,4-5,10-12H2,1-3H3,(H2,19,22)/t14-,16-/m0/s1. The molecule has 0 bridgehead atoms. The van der Waals surface area contributed by atoms with Crippen LogP contribution < -0.4 is 5.73 Å². The average Bonchev–Trinajstić information content (AvgIpc) is 2.55. The molecule has 1 heterocycles. The van der Waals surface area contributed by atoms with Crippen LogP contribution in [0.4, 0.5) is 0 Å². The van der Waals surface area contributed by atoms with Crippen molar-refractivity contribution in [1.82, 2.24) is 9.80 Å². The molecule has 2 amide bonds.